The van der Waals surface area contributed by atoms with Gasteiger partial charge in [-0.25, -0.2) is 0 Å². The number of aliphatic imine (C=N–C) groups is 1. The molecule has 1 saturated carbocycles. The maximum Gasteiger partial charge on any atom is 0.258 e. The van der Waals surface area contributed by atoms with E-state index in [0.29, 0.717) is 11.8 Å². The zero-order valence-corrected chi connectivity index (χ0v) is 21.0. The second-order valence-corrected chi connectivity index (χ2v) is 7.92. The summed E-state index contributed by atoms with van der Waals surface area (Å²) in [7, 11) is 3.78. The molecule has 1 aliphatic rings. The zero-order chi connectivity index (χ0) is 21.3. The fraction of sp³-hybridized carbons (Fsp3) is 0.391. The Morgan fingerprint density at radius 1 is 1.19 bits per heavy atom. The lowest BCUT2D eigenvalue weighted by atomic mass is 10.1. The second kappa shape index (κ2) is 12.8. The third kappa shape index (κ3) is 8.95. The van der Waals surface area contributed by atoms with Gasteiger partial charge < -0.3 is 20.3 Å². The van der Waals surface area contributed by atoms with Gasteiger partial charge in [0, 0.05) is 38.2 Å². The Morgan fingerprint density at radius 3 is 2.58 bits per heavy atom. The highest BCUT2D eigenvalue weighted by atomic mass is 127. The topological polar surface area (TPSA) is 66.0 Å². The summed E-state index contributed by atoms with van der Waals surface area (Å²) in [6, 6.07) is 16.0. The molecule has 1 aliphatic carbocycles. The van der Waals surface area contributed by atoms with Gasteiger partial charge in [0.1, 0.15) is 5.75 Å². The van der Waals surface area contributed by atoms with Crippen LogP contribution in [0.3, 0.4) is 0 Å². The van der Waals surface area contributed by atoms with Crippen molar-refractivity contribution in [2.24, 2.45) is 4.99 Å². The normalized spacial score (nSPS) is 13.2. The molecule has 0 aromatic heterocycles. The van der Waals surface area contributed by atoms with Crippen LogP contribution in [0, 0.1) is 0 Å². The van der Waals surface area contributed by atoms with Crippen molar-refractivity contribution in [2.75, 3.05) is 27.2 Å². The summed E-state index contributed by atoms with van der Waals surface area (Å²) in [6.07, 6.45) is 3.01. The van der Waals surface area contributed by atoms with Crippen LogP contribution < -0.4 is 15.4 Å². The maximum atomic E-state index is 11.7. The second-order valence-electron chi connectivity index (χ2n) is 7.48. The molecule has 2 aromatic rings. The molecule has 0 unspecified atom stereocenters. The number of ether oxygens (including phenoxy) is 1. The van der Waals surface area contributed by atoms with E-state index in [4.69, 9.17) is 16.3 Å². The predicted molar refractivity (Wildman–Crippen MR) is 137 cm³/mol. The highest BCUT2D eigenvalue weighted by Gasteiger charge is 2.23. The fourth-order valence-corrected chi connectivity index (χ4v) is 3.30. The van der Waals surface area contributed by atoms with Crippen molar-refractivity contribution in [3.8, 4) is 5.75 Å². The minimum absolute atomic E-state index is 0. The van der Waals surface area contributed by atoms with Crippen LogP contribution in [0.4, 0.5) is 0 Å². The number of carbonyl (C=O) groups is 1. The first-order valence-corrected chi connectivity index (χ1v) is 10.6. The van der Waals surface area contributed by atoms with Crippen molar-refractivity contribution in [2.45, 2.75) is 31.8 Å². The van der Waals surface area contributed by atoms with Crippen molar-refractivity contribution >= 4 is 47.4 Å². The van der Waals surface area contributed by atoms with Gasteiger partial charge in [-0.15, -0.1) is 24.0 Å². The Morgan fingerprint density at radius 2 is 1.94 bits per heavy atom. The van der Waals surface area contributed by atoms with Crippen molar-refractivity contribution in [1.29, 1.82) is 0 Å². The molecule has 168 valence electrons. The lowest BCUT2D eigenvalue weighted by Crippen LogP contribution is -2.39. The molecular weight excluding hydrogens is 527 g/mol. The number of rotatable bonds is 9. The van der Waals surface area contributed by atoms with E-state index in [2.05, 4.69) is 26.6 Å². The average molecular weight is 557 g/mol. The molecule has 0 bridgehead atoms. The number of nitrogens with one attached hydrogen (secondary N) is 2. The summed E-state index contributed by atoms with van der Waals surface area (Å²) in [6.45, 7) is 1.55. The zero-order valence-electron chi connectivity index (χ0n) is 17.9. The van der Waals surface area contributed by atoms with Crippen molar-refractivity contribution < 1.29 is 9.53 Å². The van der Waals surface area contributed by atoms with Gasteiger partial charge in [-0.3, -0.25) is 9.79 Å². The SMILES string of the molecule is CN=C(NCCc1ccc(OCC(=O)NC2CC2)cc1)N(C)Cc1cccc(Cl)c1.I. The van der Waals surface area contributed by atoms with Gasteiger partial charge in [0.25, 0.3) is 5.91 Å². The molecule has 31 heavy (non-hydrogen) atoms. The summed E-state index contributed by atoms with van der Waals surface area (Å²) in [5.41, 5.74) is 2.32. The minimum Gasteiger partial charge on any atom is -0.484 e. The van der Waals surface area contributed by atoms with E-state index >= 15 is 0 Å². The first kappa shape index (κ1) is 25.3. The van der Waals surface area contributed by atoms with E-state index in [0.717, 1.165) is 48.9 Å². The number of carbonyl (C=O) groups excluding carboxylic acids is 1. The number of halogens is 2. The van der Waals surface area contributed by atoms with Gasteiger partial charge in [0.05, 0.1) is 0 Å². The van der Waals surface area contributed by atoms with Gasteiger partial charge in [-0.1, -0.05) is 35.9 Å². The van der Waals surface area contributed by atoms with E-state index in [1.54, 1.807) is 7.05 Å². The van der Waals surface area contributed by atoms with Crippen LogP contribution in [0.5, 0.6) is 5.75 Å². The molecular formula is C23H30ClIN4O2. The van der Waals surface area contributed by atoms with Crippen LogP contribution >= 0.6 is 35.6 Å². The number of hydrogen-bond acceptors (Lipinski definition) is 3. The van der Waals surface area contributed by atoms with Gasteiger partial charge in [-0.2, -0.15) is 0 Å². The Hall–Kier alpha value is -2.00. The monoisotopic (exact) mass is 556 g/mol. The number of benzene rings is 2. The van der Waals surface area contributed by atoms with Gasteiger partial charge in [0.2, 0.25) is 0 Å². The van der Waals surface area contributed by atoms with Crippen molar-refractivity contribution in [3.05, 3.63) is 64.7 Å². The highest BCUT2D eigenvalue weighted by molar-refractivity contribution is 14.0. The molecule has 1 fully saturated rings. The van der Waals surface area contributed by atoms with E-state index in [1.165, 1.54) is 5.56 Å². The van der Waals surface area contributed by atoms with Crippen LogP contribution in [0.15, 0.2) is 53.5 Å². The van der Waals surface area contributed by atoms with Gasteiger partial charge >= 0.3 is 0 Å². The Labute approximate surface area is 206 Å². The van der Waals surface area contributed by atoms with Crippen LogP contribution in [0.2, 0.25) is 5.02 Å². The third-order valence-corrected chi connectivity index (χ3v) is 5.05. The van der Waals surface area contributed by atoms with E-state index < -0.39 is 0 Å². The van der Waals surface area contributed by atoms with E-state index in [-0.39, 0.29) is 36.5 Å². The molecule has 8 heteroatoms. The lowest BCUT2D eigenvalue weighted by Gasteiger charge is -2.22. The standard InChI is InChI=1S/C23H29ClN4O2.HI/c1-25-23(28(2)15-18-4-3-5-19(24)14-18)26-13-12-17-6-10-21(11-7-17)30-16-22(29)27-20-8-9-20;/h3-7,10-11,14,20H,8-9,12-13,15-16H2,1-2H3,(H,25,26)(H,27,29);1H. The quantitative estimate of drug-likeness (QED) is 0.280. The molecule has 0 radical (unpaired) electrons. The number of guanidine groups is 1. The number of hydrogen-bond donors (Lipinski definition) is 2. The summed E-state index contributed by atoms with van der Waals surface area (Å²) >= 11 is 6.07. The molecule has 2 N–H and O–H groups in total. The lowest BCUT2D eigenvalue weighted by molar-refractivity contribution is -0.123. The van der Waals surface area contributed by atoms with Gasteiger partial charge in [-0.05, 0) is 54.7 Å². The maximum absolute atomic E-state index is 11.7. The fourth-order valence-electron chi connectivity index (χ4n) is 3.09. The highest BCUT2D eigenvalue weighted by Crippen LogP contribution is 2.18. The molecule has 3 rings (SSSR count). The first-order chi connectivity index (χ1) is 14.5. The van der Waals surface area contributed by atoms with Crippen molar-refractivity contribution in [3.63, 3.8) is 0 Å². The predicted octanol–water partition coefficient (Wildman–Crippen LogP) is 3.87. The average Bonchev–Trinajstić information content (AvgIpc) is 3.54. The molecule has 1 amide bonds. The summed E-state index contributed by atoms with van der Waals surface area (Å²) < 4.78 is 5.55. The Bertz CT molecular complexity index is 872. The third-order valence-electron chi connectivity index (χ3n) is 4.81. The minimum atomic E-state index is -0.0564. The van der Waals surface area contributed by atoms with Gasteiger partial charge in [0.15, 0.2) is 12.6 Å². The Balaban J connectivity index is 0.00000341. The molecule has 0 heterocycles. The molecule has 2 aromatic carbocycles. The van der Waals surface area contributed by atoms with Crippen molar-refractivity contribution in [1.82, 2.24) is 15.5 Å². The molecule has 0 saturated heterocycles. The largest absolute Gasteiger partial charge is 0.484 e. The molecule has 0 spiro atoms. The van der Waals surface area contributed by atoms with Crippen LogP contribution in [0.25, 0.3) is 0 Å². The van der Waals surface area contributed by atoms with Crippen LogP contribution in [0.1, 0.15) is 24.0 Å². The van der Waals surface area contributed by atoms with Crippen LogP contribution in [-0.2, 0) is 17.8 Å². The number of nitrogens with zero attached hydrogens (tertiary/aromatic N) is 2. The summed E-state index contributed by atoms with van der Waals surface area (Å²) in [4.78, 5) is 18.1. The first-order valence-electron chi connectivity index (χ1n) is 10.2. The Kier molecular flexibility index (Phi) is 10.4. The van der Waals surface area contributed by atoms with E-state index in [9.17, 15) is 4.79 Å². The smallest absolute Gasteiger partial charge is 0.258 e. The number of amides is 1. The molecule has 0 atom stereocenters. The molecule has 0 aliphatic heterocycles. The van der Waals surface area contributed by atoms with E-state index in [1.807, 2.05) is 49.5 Å². The van der Waals surface area contributed by atoms with Crippen LogP contribution in [-0.4, -0.2) is 50.1 Å². The summed E-state index contributed by atoms with van der Waals surface area (Å²) in [5.74, 6) is 1.48. The summed E-state index contributed by atoms with van der Waals surface area (Å²) in [5, 5.41) is 7.04. The molecule has 6 nitrogen and oxygen atoms in total.